The third-order valence-corrected chi connectivity index (χ3v) is 4.69. The number of nitrogens with one attached hydrogen (secondary N) is 1. The topological polar surface area (TPSA) is 69.6 Å². The van der Waals surface area contributed by atoms with Crippen LogP contribution in [0.15, 0.2) is 0 Å². The Morgan fingerprint density at radius 1 is 1.35 bits per heavy atom. The maximum absolute atomic E-state index is 12.9. The normalized spacial score (nSPS) is 31.1. The Bertz CT molecular complexity index is 364. The van der Waals surface area contributed by atoms with Gasteiger partial charge in [0.05, 0.1) is 5.41 Å². The van der Waals surface area contributed by atoms with Gasteiger partial charge in [0.1, 0.15) is 0 Å². The molecule has 2 fully saturated rings. The number of carbonyl (C=O) groups is 2. The smallest absolute Gasteiger partial charge is 0.303 e. The van der Waals surface area contributed by atoms with Crippen LogP contribution < -0.4 is 5.32 Å². The van der Waals surface area contributed by atoms with Gasteiger partial charge in [0.25, 0.3) is 0 Å². The summed E-state index contributed by atoms with van der Waals surface area (Å²) >= 11 is 0. The maximum Gasteiger partial charge on any atom is 0.303 e. The second kappa shape index (κ2) is 6.57. The van der Waals surface area contributed by atoms with Crippen molar-refractivity contribution >= 4 is 11.9 Å². The zero-order chi connectivity index (χ0) is 14.6. The van der Waals surface area contributed by atoms with Gasteiger partial charge in [-0.25, -0.2) is 0 Å². The summed E-state index contributed by atoms with van der Waals surface area (Å²) in [4.78, 5) is 25.6. The standard InChI is InChI=1S/C15H26N2O3/c1-15(8-4-9-16-11-15)14(20)17-10-3-2-5-12(17)6-7-13(18)19/h12,16H,2-11H2,1H3,(H,18,19). The highest BCUT2D eigenvalue weighted by Gasteiger charge is 2.40. The fraction of sp³-hybridized carbons (Fsp3) is 0.867. The van der Waals surface area contributed by atoms with Crippen LogP contribution in [0.3, 0.4) is 0 Å². The largest absolute Gasteiger partial charge is 0.481 e. The summed E-state index contributed by atoms with van der Waals surface area (Å²) in [5.74, 6) is -0.548. The first-order chi connectivity index (χ1) is 9.53. The lowest BCUT2D eigenvalue weighted by Crippen LogP contribution is -2.54. The summed E-state index contributed by atoms with van der Waals surface area (Å²) < 4.78 is 0. The van der Waals surface area contributed by atoms with Gasteiger partial charge in [0, 0.05) is 25.6 Å². The fourth-order valence-corrected chi connectivity index (χ4v) is 3.44. The van der Waals surface area contributed by atoms with E-state index in [9.17, 15) is 9.59 Å². The van der Waals surface area contributed by atoms with Gasteiger partial charge in [0.15, 0.2) is 0 Å². The number of rotatable bonds is 4. The van der Waals surface area contributed by atoms with Gasteiger partial charge in [0.2, 0.25) is 5.91 Å². The van der Waals surface area contributed by atoms with Crippen molar-refractivity contribution in [1.29, 1.82) is 0 Å². The van der Waals surface area contributed by atoms with Crippen LogP contribution in [0.1, 0.15) is 51.9 Å². The summed E-state index contributed by atoms with van der Waals surface area (Å²) in [6, 6.07) is 0.117. The zero-order valence-electron chi connectivity index (χ0n) is 12.4. The van der Waals surface area contributed by atoms with E-state index in [4.69, 9.17) is 5.11 Å². The molecule has 2 unspecified atom stereocenters. The summed E-state index contributed by atoms with van der Waals surface area (Å²) in [7, 11) is 0. The summed E-state index contributed by atoms with van der Waals surface area (Å²) in [6.45, 7) is 4.57. The Morgan fingerprint density at radius 2 is 2.15 bits per heavy atom. The van der Waals surface area contributed by atoms with E-state index in [1.165, 1.54) is 0 Å². The number of carbonyl (C=O) groups excluding carboxylic acids is 1. The summed E-state index contributed by atoms with van der Waals surface area (Å²) in [5, 5.41) is 12.2. The number of hydrogen-bond donors (Lipinski definition) is 2. The minimum atomic E-state index is -0.770. The van der Waals surface area contributed by atoms with Gasteiger partial charge < -0.3 is 15.3 Å². The predicted molar refractivity (Wildman–Crippen MR) is 76.4 cm³/mol. The first-order valence-corrected chi connectivity index (χ1v) is 7.76. The van der Waals surface area contributed by atoms with Crippen LogP contribution in [-0.2, 0) is 9.59 Å². The molecule has 0 bridgehead atoms. The van der Waals surface area contributed by atoms with Crippen LogP contribution in [0, 0.1) is 5.41 Å². The second-order valence-corrected chi connectivity index (χ2v) is 6.42. The molecule has 114 valence electrons. The molecule has 2 N–H and O–H groups in total. The van der Waals surface area contributed by atoms with E-state index in [0.717, 1.165) is 51.7 Å². The minimum Gasteiger partial charge on any atom is -0.481 e. The Labute approximate surface area is 120 Å². The molecule has 2 aliphatic rings. The molecule has 20 heavy (non-hydrogen) atoms. The summed E-state index contributed by atoms with van der Waals surface area (Å²) in [6.07, 6.45) is 5.80. The van der Waals surface area contributed by atoms with Crippen molar-refractivity contribution < 1.29 is 14.7 Å². The number of carboxylic acids is 1. The molecule has 0 saturated carbocycles. The van der Waals surface area contributed by atoms with Crippen molar-refractivity contribution in [2.24, 2.45) is 5.41 Å². The Hall–Kier alpha value is -1.10. The van der Waals surface area contributed by atoms with Crippen LogP contribution >= 0.6 is 0 Å². The van der Waals surface area contributed by atoms with Crippen LogP contribution in [0.2, 0.25) is 0 Å². The van der Waals surface area contributed by atoms with E-state index < -0.39 is 5.97 Å². The van der Waals surface area contributed by atoms with E-state index in [2.05, 4.69) is 5.32 Å². The Morgan fingerprint density at radius 3 is 2.80 bits per heavy atom. The highest BCUT2D eigenvalue weighted by atomic mass is 16.4. The predicted octanol–water partition coefficient (Wildman–Crippen LogP) is 1.62. The number of likely N-dealkylation sites (tertiary alicyclic amines) is 1. The van der Waals surface area contributed by atoms with Crippen molar-refractivity contribution in [3.05, 3.63) is 0 Å². The molecule has 0 aromatic rings. The van der Waals surface area contributed by atoms with Crippen molar-refractivity contribution in [3.63, 3.8) is 0 Å². The van der Waals surface area contributed by atoms with E-state index in [1.807, 2.05) is 11.8 Å². The Balaban J connectivity index is 2.02. The quantitative estimate of drug-likeness (QED) is 0.822. The number of piperidine rings is 2. The third kappa shape index (κ3) is 3.51. The maximum atomic E-state index is 12.9. The first kappa shape index (κ1) is 15.3. The highest BCUT2D eigenvalue weighted by molar-refractivity contribution is 5.83. The number of amides is 1. The van der Waals surface area contributed by atoms with Crippen molar-refractivity contribution in [2.75, 3.05) is 19.6 Å². The van der Waals surface area contributed by atoms with Crippen molar-refractivity contribution in [1.82, 2.24) is 10.2 Å². The van der Waals surface area contributed by atoms with Gasteiger partial charge in [-0.3, -0.25) is 9.59 Å². The molecule has 2 saturated heterocycles. The monoisotopic (exact) mass is 282 g/mol. The molecular formula is C15H26N2O3. The molecule has 2 aliphatic heterocycles. The van der Waals surface area contributed by atoms with Gasteiger partial charge in [-0.05, 0) is 52.0 Å². The number of nitrogens with zero attached hydrogens (tertiary/aromatic N) is 1. The van der Waals surface area contributed by atoms with E-state index in [-0.39, 0.29) is 23.8 Å². The molecule has 2 heterocycles. The number of carboxylic acid groups (broad SMARTS) is 1. The van der Waals surface area contributed by atoms with E-state index in [0.29, 0.717) is 6.42 Å². The molecule has 0 aromatic carbocycles. The lowest BCUT2D eigenvalue weighted by molar-refractivity contribution is -0.147. The SMILES string of the molecule is CC1(C(=O)N2CCCCC2CCC(=O)O)CCCNC1. The highest BCUT2D eigenvalue weighted by Crippen LogP contribution is 2.32. The van der Waals surface area contributed by atoms with Crippen LogP contribution in [-0.4, -0.2) is 47.6 Å². The van der Waals surface area contributed by atoms with E-state index in [1.54, 1.807) is 0 Å². The molecule has 0 aliphatic carbocycles. The second-order valence-electron chi connectivity index (χ2n) is 6.42. The molecule has 1 amide bonds. The lowest BCUT2D eigenvalue weighted by atomic mass is 9.80. The van der Waals surface area contributed by atoms with Crippen LogP contribution in [0.25, 0.3) is 0 Å². The van der Waals surface area contributed by atoms with E-state index >= 15 is 0 Å². The van der Waals surface area contributed by atoms with Gasteiger partial charge in [-0.15, -0.1) is 0 Å². The molecule has 5 heteroatoms. The molecule has 5 nitrogen and oxygen atoms in total. The third-order valence-electron chi connectivity index (χ3n) is 4.69. The summed E-state index contributed by atoms with van der Waals surface area (Å²) in [5.41, 5.74) is -0.308. The molecule has 0 spiro atoms. The molecular weight excluding hydrogens is 256 g/mol. The fourth-order valence-electron chi connectivity index (χ4n) is 3.44. The van der Waals surface area contributed by atoms with Crippen molar-refractivity contribution in [2.45, 2.75) is 57.9 Å². The number of aliphatic carboxylic acids is 1. The average molecular weight is 282 g/mol. The van der Waals surface area contributed by atoms with Gasteiger partial charge in [-0.1, -0.05) is 0 Å². The minimum absolute atomic E-state index is 0.117. The molecule has 2 atom stereocenters. The average Bonchev–Trinajstić information content (AvgIpc) is 2.45. The van der Waals surface area contributed by atoms with Gasteiger partial charge >= 0.3 is 5.97 Å². The van der Waals surface area contributed by atoms with Crippen LogP contribution in [0.5, 0.6) is 0 Å². The van der Waals surface area contributed by atoms with Crippen LogP contribution in [0.4, 0.5) is 0 Å². The van der Waals surface area contributed by atoms with Gasteiger partial charge in [-0.2, -0.15) is 0 Å². The molecule has 2 rings (SSSR count). The first-order valence-electron chi connectivity index (χ1n) is 7.76. The number of hydrogen-bond acceptors (Lipinski definition) is 3. The van der Waals surface area contributed by atoms with Crippen molar-refractivity contribution in [3.8, 4) is 0 Å². The zero-order valence-corrected chi connectivity index (χ0v) is 12.4. The Kier molecular flexibility index (Phi) is 5.02. The molecule has 0 aromatic heterocycles. The lowest BCUT2D eigenvalue weighted by Gasteiger charge is -2.43. The molecule has 0 radical (unpaired) electrons.